The third kappa shape index (κ3) is 4.74. The number of rotatable bonds is 4. The second-order valence-corrected chi connectivity index (χ2v) is 5.10. The van der Waals surface area contributed by atoms with E-state index in [-0.39, 0.29) is 5.56 Å². The van der Waals surface area contributed by atoms with Crippen molar-refractivity contribution in [1.29, 1.82) is 0 Å². The van der Waals surface area contributed by atoms with Crippen LogP contribution in [0, 0.1) is 0 Å². The van der Waals surface area contributed by atoms with Crippen LogP contribution in [0.4, 0.5) is 13.2 Å². The Labute approximate surface area is 108 Å². The van der Waals surface area contributed by atoms with Crippen molar-refractivity contribution in [2.75, 3.05) is 6.26 Å². The van der Waals surface area contributed by atoms with Crippen molar-refractivity contribution < 1.29 is 25.9 Å². The molecule has 0 fully saturated rings. The number of nitrogens with zero attached hydrogens (tertiary/aromatic N) is 1. The van der Waals surface area contributed by atoms with E-state index in [0.29, 0.717) is 11.8 Å². The van der Waals surface area contributed by atoms with E-state index in [1.54, 1.807) is 0 Å². The fourth-order valence-corrected chi connectivity index (χ4v) is 1.36. The maximum absolute atomic E-state index is 12.7. The molecule has 0 heterocycles. The highest BCUT2D eigenvalue weighted by molar-refractivity contribution is 7.85. The Morgan fingerprint density at radius 3 is 2.21 bits per heavy atom. The van der Waals surface area contributed by atoms with Gasteiger partial charge < -0.3 is 0 Å². The van der Waals surface area contributed by atoms with Crippen LogP contribution in [-0.2, 0) is 14.4 Å². The van der Waals surface area contributed by atoms with Gasteiger partial charge in [-0.3, -0.25) is 4.28 Å². The summed E-state index contributed by atoms with van der Waals surface area (Å²) in [5, 5.41) is 2.67. The zero-order valence-electron chi connectivity index (χ0n) is 9.81. The highest BCUT2D eigenvalue weighted by Crippen LogP contribution is 2.23. The second kappa shape index (κ2) is 5.43. The number of benzene rings is 1. The molecule has 0 amide bonds. The van der Waals surface area contributed by atoms with E-state index in [0.717, 1.165) is 12.1 Å². The largest absolute Gasteiger partial charge is 0.437 e. The minimum atomic E-state index is -4.83. The Balaban J connectivity index is 3.20. The van der Waals surface area contributed by atoms with Gasteiger partial charge in [-0.2, -0.15) is 21.6 Å². The summed E-state index contributed by atoms with van der Waals surface area (Å²) in [6.07, 6.45) is -2.77. The van der Waals surface area contributed by atoms with Crippen LogP contribution >= 0.6 is 0 Å². The standard InChI is InChI=1S/C11H10F3NO3S/c1-3-8-4-6-9(7-5-8)10(11(12,13)14)15-18-19(2,16)17/h3-7H,1H2,2H3/b15-10-. The van der Waals surface area contributed by atoms with Crippen molar-refractivity contribution in [3.8, 4) is 0 Å². The van der Waals surface area contributed by atoms with Crippen LogP contribution in [0.25, 0.3) is 6.08 Å². The molecule has 0 N–H and O–H groups in total. The van der Waals surface area contributed by atoms with Crippen LogP contribution in [0.5, 0.6) is 0 Å². The third-order valence-corrected chi connectivity index (χ3v) is 2.30. The van der Waals surface area contributed by atoms with Gasteiger partial charge in [0, 0.05) is 5.56 Å². The van der Waals surface area contributed by atoms with E-state index in [1.165, 1.54) is 18.2 Å². The fraction of sp³-hybridized carbons (Fsp3) is 0.182. The molecule has 0 atom stereocenters. The molecule has 1 rings (SSSR count). The first kappa shape index (κ1) is 15.2. The number of hydrogen-bond acceptors (Lipinski definition) is 4. The van der Waals surface area contributed by atoms with E-state index >= 15 is 0 Å². The molecule has 0 radical (unpaired) electrons. The smallest absolute Gasteiger partial charge is 0.268 e. The summed E-state index contributed by atoms with van der Waals surface area (Å²) in [6.45, 7) is 3.47. The SMILES string of the molecule is C=Cc1ccc(/C(=N/OS(C)(=O)=O)C(F)(F)F)cc1. The van der Waals surface area contributed by atoms with Crippen molar-refractivity contribution in [2.24, 2.45) is 5.16 Å². The molecule has 8 heteroatoms. The molecule has 0 unspecified atom stereocenters. The third-order valence-electron chi connectivity index (χ3n) is 1.95. The van der Waals surface area contributed by atoms with Gasteiger partial charge >= 0.3 is 16.3 Å². The first-order chi connectivity index (χ1) is 8.63. The van der Waals surface area contributed by atoms with E-state index in [1.807, 2.05) is 0 Å². The van der Waals surface area contributed by atoms with Crippen molar-refractivity contribution in [2.45, 2.75) is 6.18 Å². The number of hydrogen-bond donors (Lipinski definition) is 0. The number of alkyl halides is 3. The average Bonchev–Trinajstić information content (AvgIpc) is 2.26. The number of halogens is 3. The molecule has 0 aliphatic heterocycles. The molecule has 0 aliphatic rings. The van der Waals surface area contributed by atoms with Gasteiger partial charge in [-0.25, -0.2) is 0 Å². The molecule has 0 aliphatic carbocycles. The molecule has 0 saturated heterocycles. The predicted molar refractivity (Wildman–Crippen MR) is 65.1 cm³/mol. The van der Waals surface area contributed by atoms with Crippen molar-refractivity contribution in [3.63, 3.8) is 0 Å². The van der Waals surface area contributed by atoms with E-state index in [4.69, 9.17) is 0 Å². The van der Waals surface area contributed by atoms with Gasteiger partial charge in [0.15, 0.2) is 5.71 Å². The molecule has 0 spiro atoms. The lowest BCUT2D eigenvalue weighted by Crippen LogP contribution is -2.24. The van der Waals surface area contributed by atoms with Crippen molar-refractivity contribution in [1.82, 2.24) is 0 Å². The van der Waals surface area contributed by atoms with E-state index in [2.05, 4.69) is 16.0 Å². The fourth-order valence-electron chi connectivity index (χ4n) is 1.15. The maximum atomic E-state index is 12.7. The van der Waals surface area contributed by atoms with Gasteiger partial charge in [-0.1, -0.05) is 42.1 Å². The lowest BCUT2D eigenvalue weighted by molar-refractivity contribution is -0.0596. The van der Waals surface area contributed by atoms with Gasteiger partial charge in [0.05, 0.1) is 6.26 Å². The van der Waals surface area contributed by atoms with Gasteiger partial charge in [-0.15, -0.1) is 0 Å². The van der Waals surface area contributed by atoms with E-state index in [9.17, 15) is 21.6 Å². The first-order valence-corrected chi connectivity index (χ1v) is 6.72. The summed E-state index contributed by atoms with van der Waals surface area (Å²) in [6, 6.07) is 5.08. The van der Waals surface area contributed by atoms with Crippen LogP contribution < -0.4 is 0 Å². The van der Waals surface area contributed by atoms with Gasteiger partial charge in [0.1, 0.15) is 0 Å². The molecule has 1 aromatic carbocycles. The minimum absolute atomic E-state index is 0.304. The summed E-state index contributed by atoms with van der Waals surface area (Å²) in [7, 11) is -4.10. The Morgan fingerprint density at radius 1 is 1.32 bits per heavy atom. The quantitative estimate of drug-likeness (QED) is 0.633. The summed E-state index contributed by atoms with van der Waals surface area (Å²) in [5.74, 6) is 0. The topological polar surface area (TPSA) is 55.7 Å². The Bertz CT molecular complexity index is 589. The van der Waals surface area contributed by atoms with Gasteiger partial charge in [0.25, 0.3) is 0 Å². The molecule has 0 bridgehead atoms. The van der Waals surface area contributed by atoms with E-state index < -0.39 is 22.0 Å². The molecule has 4 nitrogen and oxygen atoms in total. The van der Waals surface area contributed by atoms with Crippen LogP contribution in [-0.4, -0.2) is 26.6 Å². The molecular weight excluding hydrogens is 283 g/mol. The summed E-state index contributed by atoms with van der Waals surface area (Å²) in [5.41, 5.74) is -1.11. The highest BCUT2D eigenvalue weighted by atomic mass is 32.2. The zero-order chi connectivity index (χ0) is 14.7. The molecule has 104 valence electrons. The summed E-state index contributed by atoms with van der Waals surface area (Å²) in [4.78, 5) is 0. The molecule has 0 aromatic heterocycles. The molecular formula is C11H10F3NO3S. The number of oxime groups is 1. The second-order valence-electron chi connectivity index (χ2n) is 3.54. The maximum Gasteiger partial charge on any atom is 0.437 e. The Kier molecular flexibility index (Phi) is 4.35. The normalized spacial score (nSPS) is 13.2. The van der Waals surface area contributed by atoms with Crippen LogP contribution in [0.2, 0.25) is 0 Å². The zero-order valence-corrected chi connectivity index (χ0v) is 10.6. The van der Waals surface area contributed by atoms with Gasteiger partial charge in [0.2, 0.25) is 0 Å². The van der Waals surface area contributed by atoms with Crippen LogP contribution in [0.3, 0.4) is 0 Å². The molecule has 1 aromatic rings. The van der Waals surface area contributed by atoms with Crippen molar-refractivity contribution >= 4 is 21.9 Å². The Morgan fingerprint density at radius 2 is 1.84 bits per heavy atom. The minimum Gasteiger partial charge on any atom is -0.268 e. The monoisotopic (exact) mass is 293 g/mol. The van der Waals surface area contributed by atoms with Crippen molar-refractivity contribution in [3.05, 3.63) is 42.0 Å². The lowest BCUT2D eigenvalue weighted by Gasteiger charge is -2.09. The average molecular weight is 293 g/mol. The highest BCUT2D eigenvalue weighted by Gasteiger charge is 2.38. The molecule has 19 heavy (non-hydrogen) atoms. The van der Waals surface area contributed by atoms with Crippen LogP contribution in [0.1, 0.15) is 11.1 Å². The summed E-state index contributed by atoms with van der Waals surface area (Å²) < 4.78 is 63.4. The first-order valence-electron chi connectivity index (χ1n) is 4.90. The van der Waals surface area contributed by atoms with Gasteiger partial charge in [-0.05, 0) is 5.56 Å². The lowest BCUT2D eigenvalue weighted by atomic mass is 10.1. The Hall–Kier alpha value is -1.83. The summed E-state index contributed by atoms with van der Waals surface area (Å²) >= 11 is 0. The van der Waals surface area contributed by atoms with Crippen LogP contribution in [0.15, 0.2) is 36.0 Å². The molecule has 0 saturated carbocycles. The predicted octanol–water partition coefficient (Wildman–Crippen LogP) is 2.57.